The summed E-state index contributed by atoms with van der Waals surface area (Å²) in [6.45, 7) is 9.80. The Hall–Kier alpha value is -13.5. The Kier molecular flexibility index (Phi) is 38.3. The second kappa shape index (κ2) is 46.5. The summed E-state index contributed by atoms with van der Waals surface area (Å²) in [5.74, 6) is -214. The van der Waals surface area contributed by atoms with Crippen LogP contribution in [0.5, 0.6) is 0 Å². The van der Waals surface area contributed by atoms with Crippen LogP contribution in [0.25, 0.3) is 0 Å². The maximum absolute atomic E-state index is 15.4. The summed E-state index contributed by atoms with van der Waals surface area (Å²) >= 11 is 0. The van der Waals surface area contributed by atoms with Crippen LogP contribution >= 0.6 is 0 Å². The molecule has 3 nitrogen and oxygen atoms in total. The number of unbranched alkanes of at least 4 members (excludes halogenated alkanes) is 3. The Morgan fingerprint density at radius 3 is 0.180 bits per heavy atom. The first-order valence-corrected chi connectivity index (χ1v) is 39.4. The molecular formula is C84H36B3F60N3. The third-order valence-corrected chi connectivity index (χ3v) is 21.9. The van der Waals surface area contributed by atoms with Crippen LogP contribution in [0.2, 0.25) is 0 Å². The van der Waals surface area contributed by atoms with Gasteiger partial charge in [0.1, 0.15) is 158 Å². The Morgan fingerprint density at radius 1 is 0.100 bits per heavy atom. The second-order valence-electron chi connectivity index (χ2n) is 30.0. The predicted molar refractivity (Wildman–Crippen MR) is 396 cm³/mol. The number of rotatable bonds is 18. The van der Waals surface area contributed by atoms with Crippen LogP contribution in [0.1, 0.15) is 59.3 Å². The van der Waals surface area contributed by atoms with Crippen molar-refractivity contribution in [2.24, 2.45) is 0 Å². The van der Waals surface area contributed by atoms with Crippen molar-refractivity contribution in [2.75, 3.05) is 19.6 Å². The first kappa shape index (κ1) is 123. The van der Waals surface area contributed by atoms with Gasteiger partial charge in [-0.1, -0.05) is 40.0 Å². The number of benzene rings is 12. The van der Waals surface area contributed by atoms with Crippen LogP contribution in [-0.4, -0.2) is 38.1 Å². The molecule has 0 spiro atoms. The lowest BCUT2D eigenvalue weighted by molar-refractivity contribution is -0.368. The normalized spacial score (nSPS) is 11.6. The molecule has 0 fully saturated rings. The molecule has 12 aromatic carbocycles. The summed E-state index contributed by atoms with van der Waals surface area (Å²) < 4.78 is 882. The quantitative estimate of drug-likeness (QED) is 0.0331. The molecular weight excluding hydrogens is 2220 g/mol. The zero-order chi connectivity index (χ0) is 115. The molecule has 0 bridgehead atoms. The fraction of sp³-hybridized carbons (Fsp3) is 0.143. The summed E-state index contributed by atoms with van der Waals surface area (Å²) in [6.07, 6.45) is -14.0. The van der Waals surface area contributed by atoms with E-state index in [0.29, 0.717) is 0 Å². The molecule has 816 valence electrons. The van der Waals surface area contributed by atoms with E-state index in [1.807, 2.05) is 0 Å². The van der Waals surface area contributed by atoms with Crippen molar-refractivity contribution in [3.05, 3.63) is 349 Å². The highest BCUT2D eigenvalue weighted by molar-refractivity contribution is 7.21. The van der Waals surface area contributed by atoms with Gasteiger partial charge in [-0.25, -0.2) is 263 Å². The summed E-state index contributed by atoms with van der Waals surface area (Å²) in [7, 11) is 0. The average molecular weight is 2260 g/mol. The summed E-state index contributed by atoms with van der Waals surface area (Å²) in [6, 6.07) is 0. The molecule has 0 unspecified atom stereocenters. The first-order chi connectivity index (χ1) is 69.3. The smallest absolute Gasteiger partial charge is 0.200 e. The molecule has 0 aliphatic carbocycles. The molecule has 9 N–H and O–H groups in total. The third kappa shape index (κ3) is 19.3. The minimum Gasteiger partial charge on any atom is -0.358 e. The van der Waals surface area contributed by atoms with Crippen LogP contribution in [0.15, 0.2) is 0 Å². The molecule has 0 aliphatic rings. The van der Waals surface area contributed by atoms with Crippen LogP contribution < -0.4 is 82.8 Å². The molecule has 0 radical (unpaired) electrons. The lowest BCUT2D eigenvalue weighted by atomic mass is 9.12. The molecule has 0 aromatic heterocycles. The lowest BCUT2D eigenvalue weighted by Gasteiger charge is -2.44. The van der Waals surface area contributed by atoms with Gasteiger partial charge in [0, 0.05) is 0 Å². The molecule has 150 heavy (non-hydrogen) atoms. The standard InChI is InChI=1S/3C24BF20.3C4H11N/c3*26-5-1(6(27)14(35)21(42)13(5)34)25(2-7(28)15(36)22(43)16(37)8(2)29,3-9(30)17(38)23(44)18(39)10(3)31)4-11(32)19(40)24(45)20(41)12(4)33;3*1-2-3-4-5/h;;;3*2-5H2,1H3/q3*-1;;;/p+3. The first-order valence-electron chi connectivity index (χ1n) is 39.4. The van der Waals surface area contributed by atoms with E-state index in [-0.39, 0.29) is 0 Å². The van der Waals surface area contributed by atoms with Gasteiger partial charge in [0.25, 0.3) is 0 Å². The Balaban J connectivity index is 0.000000284. The lowest BCUT2D eigenvalue weighted by Crippen LogP contribution is -2.81. The van der Waals surface area contributed by atoms with Gasteiger partial charge in [0.05, 0.1) is 19.6 Å². The highest BCUT2D eigenvalue weighted by Crippen LogP contribution is 2.38. The summed E-state index contributed by atoms with van der Waals surface area (Å²) in [5.41, 5.74) is -32.0. The minimum atomic E-state index is -7.22. The zero-order valence-electron chi connectivity index (χ0n) is 71.9. The molecule has 0 aliphatic heterocycles. The van der Waals surface area contributed by atoms with Gasteiger partial charge in [0.2, 0.25) is 0 Å². The summed E-state index contributed by atoms with van der Waals surface area (Å²) in [5, 5.41) is 0. The van der Waals surface area contributed by atoms with Crippen molar-refractivity contribution in [3.8, 4) is 0 Å². The van der Waals surface area contributed by atoms with Crippen molar-refractivity contribution in [1.29, 1.82) is 0 Å². The predicted octanol–water partition coefficient (Wildman–Crippen LogP) is 17.6. The van der Waals surface area contributed by atoms with E-state index in [1.165, 1.54) is 38.5 Å². The number of quaternary nitrogens is 3. The van der Waals surface area contributed by atoms with Crippen LogP contribution in [0.4, 0.5) is 263 Å². The third-order valence-electron chi connectivity index (χ3n) is 21.9. The van der Waals surface area contributed by atoms with E-state index in [9.17, 15) is 158 Å². The van der Waals surface area contributed by atoms with Crippen LogP contribution in [-0.2, 0) is 0 Å². The molecule has 0 heterocycles. The summed E-state index contributed by atoms with van der Waals surface area (Å²) in [4.78, 5) is 0. The van der Waals surface area contributed by atoms with Crippen molar-refractivity contribution < 1.29 is 281 Å². The molecule has 12 aromatic rings. The van der Waals surface area contributed by atoms with Gasteiger partial charge in [-0.15, -0.1) is 65.6 Å². The van der Waals surface area contributed by atoms with Gasteiger partial charge in [-0.3, -0.25) is 0 Å². The number of hydrogen-bond donors (Lipinski definition) is 3. The Bertz CT molecular complexity index is 5570. The highest BCUT2D eigenvalue weighted by atomic mass is 19.3. The maximum Gasteiger partial charge on any atom is 0.200 e. The van der Waals surface area contributed by atoms with Gasteiger partial charge in [-0.2, -0.15) is 0 Å². The van der Waals surface area contributed by atoms with Gasteiger partial charge < -0.3 is 17.2 Å². The molecule has 0 amide bonds. The van der Waals surface area contributed by atoms with Crippen molar-refractivity contribution in [1.82, 2.24) is 0 Å². The van der Waals surface area contributed by atoms with Crippen molar-refractivity contribution in [3.63, 3.8) is 0 Å². The molecule has 0 saturated carbocycles. The topological polar surface area (TPSA) is 82.9 Å². The van der Waals surface area contributed by atoms with Crippen LogP contribution in [0, 0.1) is 349 Å². The number of halogens is 60. The van der Waals surface area contributed by atoms with Gasteiger partial charge in [-0.05, 0) is 19.3 Å². The Morgan fingerprint density at radius 2 is 0.147 bits per heavy atom. The minimum absolute atomic E-state index is 1.09. The highest BCUT2D eigenvalue weighted by Gasteiger charge is 2.58. The largest absolute Gasteiger partial charge is 0.358 e. The average Bonchev–Trinajstić information content (AvgIpc) is 0.686. The monoisotopic (exact) mass is 2260 g/mol. The van der Waals surface area contributed by atoms with E-state index in [1.54, 1.807) is 0 Å². The molecule has 12 rings (SSSR count). The number of hydrogen-bond acceptors (Lipinski definition) is 0. The van der Waals surface area contributed by atoms with Crippen LogP contribution in [0.3, 0.4) is 0 Å². The van der Waals surface area contributed by atoms with E-state index in [2.05, 4.69) is 38.0 Å². The molecule has 0 saturated heterocycles. The Labute approximate surface area is 790 Å². The van der Waals surface area contributed by atoms with E-state index >= 15 is 105 Å². The van der Waals surface area contributed by atoms with E-state index in [0.717, 1.165) is 19.6 Å². The SMILES string of the molecule is CCCC[NH3+].CCCC[NH3+].CCCC[NH3+].Fc1c(F)c(F)c([B-](c2c(F)c(F)c(F)c(F)c2F)(c2c(F)c(F)c(F)c(F)c2F)c2c(F)c(F)c(F)c(F)c2F)c(F)c1F.Fc1c(F)c(F)c([B-](c2c(F)c(F)c(F)c(F)c2F)(c2c(F)c(F)c(F)c(F)c2F)c2c(F)c(F)c(F)c(F)c2F)c(F)c1F.Fc1c(F)c(F)c([B-](c2c(F)c(F)c(F)c(F)c2F)(c2c(F)c(F)c(F)c(F)c2F)c2c(F)c(F)c(F)c(F)c2F)c(F)c1F. The maximum atomic E-state index is 15.4. The second-order valence-corrected chi connectivity index (χ2v) is 30.0. The zero-order valence-corrected chi connectivity index (χ0v) is 71.9. The van der Waals surface area contributed by atoms with E-state index in [4.69, 9.17) is 0 Å². The molecule has 66 heteroatoms. The van der Waals surface area contributed by atoms with Gasteiger partial charge in [0.15, 0.2) is 209 Å². The van der Waals surface area contributed by atoms with Gasteiger partial charge >= 0.3 is 0 Å². The van der Waals surface area contributed by atoms with E-state index < -0.39 is 433 Å². The fourth-order valence-corrected chi connectivity index (χ4v) is 15.4. The van der Waals surface area contributed by atoms with Crippen molar-refractivity contribution >= 4 is 84.0 Å². The molecule has 0 atom stereocenters. The fourth-order valence-electron chi connectivity index (χ4n) is 15.4. The van der Waals surface area contributed by atoms with Crippen molar-refractivity contribution in [2.45, 2.75) is 59.3 Å².